The maximum absolute atomic E-state index is 12.4. The van der Waals surface area contributed by atoms with Crippen LogP contribution < -0.4 is 0 Å². The van der Waals surface area contributed by atoms with Crippen LogP contribution in [0.5, 0.6) is 0 Å². The molecule has 1 heterocycles. The number of aromatic nitrogens is 2. The molecule has 1 aromatic carbocycles. The zero-order chi connectivity index (χ0) is 13.7. The van der Waals surface area contributed by atoms with E-state index in [4.69, 9.17) is 4.74 Å². The minimum Gasteiger partial charge on any atom is -0.383 e. The SMILES string of the molecule is COCCN(C)C(=O)c1ccccc1-n1cccn1. The number of likely N-dealkylation sites (N-methyl/N-ethyl adjacent to an activating group) is 1. The Morgan fingerprint density at radius 3 is 2.84 bits per heavy atom. The highest BCUT2D eigenvalue weighted by Gasteiger charge is 2.16. The highest BCUT2D eigenvalue weighted by Crippen LogP contribution is 2.15. The highest BCUT2D eigenvalue weighted by atomic mass is 16.5. The van der Waals surface area contributed by atoms with Crippen molar-refractivity contribution in [2.75, 3.05) is 27.3 Å². The van der Waals surface area contributed by atoms with Gasteiger partial charge in [0, 0.05) is 33.1 Å². The molecule has 0 unspecified atom stereocenters. The standard InChI is InChI=1S/C14H17N3O2/c1-16(10-11-19-2)14(18)12-6-3-4-7-13(12)17-9-5-8-15-17/h3-9H,10-11H2,1-2H3. The lowest BCUT2D eigenvalue weighted by Crippen LogP contribution is -2.30. The zero-order valence-electron chi connectivity index (χ0n) is 11.1. The zero-order valence-corrected chi connectivity index (χ0v) is 11.1. The first-order chi connectivity index (χ1) is 9.24. The summed E-state index contributed by atoms with van der Waals surface area (Å²) in [4.78, 5) is 14.0. The molecule has 2 aromatic rings. The average molecular weight is 259 g/mol. The van der Waals surface area contributed by atoms with E-state index < -0.39 is 0 Å². The summed E-state index contributed by atoms with van der Waals surface area (Å²) in [6.07, 6.45) is 3.51. The number of benzene rings is 1. The number of hydrogen-bond donors (Lipinski definition) is 0. The second-order valence-electron chi connectivity index (χ2n) is 4.19. The van der Waals surface area contributed by atoms with Crippen LogP contribution >= 0.6 is 0 Å². The van der Waals surface area contributed by atoms with Crippen LogP contribution in [0.1, 0.15) is 10.4 Å². The van der Waals surface area contributed by atoms with Crippen LogP contribution in [-0.2, 0) is 4.74 Å². The topological polar surface area (TPSA) is 47.4 Å². The van der Waals surface area contributed by atoms with Gasteiger partial charge in [0.1, 0.15) is 0 Å². The molecule has 100 valence electrons. The Hall–Kier alpha value is -2.14. The van der Waals surface area contributed by atoms with E-state index >= 15 is 0 Å². The highest BCUT2D eigenvalue weighted by molar-refractivity contribution is 5.97. The van der Waals surface area contributed by atoms with E-state index in [1.54, 1.807) is 29.9 Å². The largest absolute Gasteiger partial charge is 0.383 e. The van der Waals surface area contributed by atoms with Crippen molar-refractivity contribution in [2.24, 2.45) is 0 Å². The van der Waals surface area contributed by atoms with E-state index in [-0.39, 0.29) is 5.91 Å². The molecule has 0 bridgehead atoms. The summed E-state index contributed by atoms with van der Waals surface area (Å²) in [6.45, 7) is 1.08. The lowest BCUT2D eigenvalue weighted by Gasteiger charge is -2.18. The van der Waals surface area contributed by atoms with Gasteiger partial charge in [-0.25, -0.2) is 4.68 Å². The lowest BCUT2D eigenvalue weighted by atomic mass is 10.1. The Labute approximate surface area is 112 Å². The molecule has 0 aliphatic carbocycles. The molecule has 0 aliphatic rings. The fraction of sp³-hybridized carbons (Fsp3) is 0.286. The molecule has 0 N–H and O–H groups in total. The summed E-state index contributed by atoms with van der Waals surface area (Å²) in [7, 11) is 3.39. The maximum Gasteiger partial charge on any atom is 0.255 e. The van der Waals surface area contributed by atoms with Crippen molar-refractivity contribution in [3.8, 4) is 5.69 Å². The first-order valence-corrected chi connectivity index (χ1v) is 6.07. The molecular formula is C14H17N3O2. The van der Waals surface area contributed by atoms with Crippen molar-refractivity contribution in [3.05, 3.63) is 48.3 Å². The molecule has 0 atom stereocenters. The van der Waals surface area contributed by atoms with Crippen LogP contribution in [0.4, 0.5) is 0 Å². The van der Waals surface area contributed by atoms with E-state index in [1.807, 2.05) is 36.5 Å². The predicted octanol–water partition coefficient (Wildman–Crippen LogP) is 1.59. The summed E-state index contributed by atoms with van der Waals surface area (Å²) < 4.78 is 6.68. The van der Waals surface area contributed by atoms with Gasteiger partial charge in [-0.05, 0) is 18.2 Å². The van der Waals surface area contributed by atoms with Gasteiger partial charge < -0.3 is 9.64 Å². The molecule has 2 rings (SSSR count). The number of hydrogen-bond acceptors (Lipinski definition) is 3. The quantitative estimate of drug-likeness (QED) is 0.819. The molecular weight excluding hydrogens is 242 g/mol. The van der Waals surface area contributed by atoms with E-state index in [0.29, 0.717) is 18.7 Å². The molecule has 19 heavy (non-hydrogen) atoms. The minimum atomic E-state index is -0.0387. The van der Waals surface area contributed by atoms with E-state index in [2.05, 4.69) is 5.10 Å². The maximum atomic E-state index is 12.4. The van der Waals surface area contributed by atoms with Crippen LogP contribution in [0.3, 0.4) is 0 Å². The van der Waals surface area contributed by atoms with Crippen LogP contribution in [0.25, 0.3) is 5.69 Å². The molecule has 1 amide bonds. The van der Waals surface area contributed by atoms with Crippen LogP contribution in [0, 0.1) is 0 Å². The van der Waals surface area contributed by atoms with Gasteiger partial charge in [-0.1, -0.05) is 12.1 Å². The average Bonchev–Trinajstić information content (AvgIpc) is 2.98. The Kier molecular flexibility index (Phi) is 4.30. The van der Waals surface area contributed by atoms with Gasteiger partial charge in [-0.15, -0.1) is 0 Å². The second-order valence-corrected chi connectivity index (χ2v) is 4.19. The van der Waals surface area contributed by atoms with Gasteiger partial charge in [0.2, 0.25) is 0 Å². The molecule has 5 heteroatoms. The number of nitrogens with zero attached hydrogens (tertiary/aromatic N) is 3. The lowest BCUT2D eigenvalue weighted by molar-refractivity contribution is 0.0744. The molecule has 0 spiro atoms. The van der Waals surface area contributed by atoms with Crippen LogP contribution in [-0.4, -0.2) is 47.9 Å². The predicted molar refractivity (Wildman–Crippen MR) is 72.4 cm³/mol. The number of rotatable bonds is 5. The van der Waals surface area contributed by atoms with Gasteiger partial charge in [-0.2, -0.15) is 5.10 Å². The summed E-state index contributed by atoms with van der Waals surface area (Å²) in [5.74, 6) is -0.0387. The van der Waals surface area contributed by atoms with Gasteiger partial charge in [0.25, 0.3) is 5.91 Å². The first-order valence-electron chi connectivity index (χ1n) is 6.07. The van der Waals surface area contributed by atoms with E-state index in [0.717, 1.165) is 5.69 Å². The molecule has 0 radical (unpaired) electrons. The Balaban J connectivity index is 2.27. The molecule has 0 saturated heterocycles. The number of para-hydroxylation sites is 1. The first kappa shape index (κ1) is 13.3. The summed E-state index contributed by atoms with van der Waals surface area (Å²) in [5.41, 5.74) is 1.41. The van der Waals surface area contributed by atoms with Crippen LogP contribution in [0.15, 0.2) is 42.7 Å². The second kappa shape index (κ2) is 6.15. The van der Waals surface area contributed by atoms with Crippen molar-refractivity contribution in [1.82, 2.24) is 14.7 Å². The number of methoxy groups -OCH3 is 1. The fourth-order valence-electron chi connectivity index (χ4n) is 1.80. The monoisotopic (exact) mass is 259 g/mol. The van der Waals surface area contributed by atoms with Crippen molar-refractivity contribution >= 4 is 5.91 Å². The normalized spacial score (nSPS) is 10.4. The van der Waals surface area contributed by atoms with Crippen molar-refractivity contribution in [1.29, 1.82) is 0 Å². The van der Waals surface area contributed by atoms with Crippen molar-refractivity contribution in [3.63, 3.8) is 0 Å². The third-order valence-electron chi connectivity index (χ3n) is 2.86. The molecule has 5 nitrogen and oxygen atoms in total. The van der Waals surface area contributed by atoms with Gasteiger partial charge >= 0.3 is 0 Å². The third kappa shape index (κ3) is 3.00. The smallest absolute Gasteiger partial charge is 0.255 e. The molecule has 0 fully saturated rings. The van der Waals surface area contributed by atoms with Crippen molar-refractivity contribution < 1.29 is 9.53 Å². The number of carbonyl (C=O) groups excluding carboxylic acids is 1. The molecule has 0 saturated carbocycles. The Morgan fingerprint density at radius 2 is 2.16 bits per heavy atom. The molecule has 1 aromatic heterocycles. The third-order valence-corrected chi connectivity index (χ3v) is 2.86. The van der Waals surface area contributed by atoms with Crippen molar-refractivity contribution in [2.45, 2.75) is 0 Å². The Morgan fingerprint density at radius 1 is 1.37 bits per heavy atom. The number of carbonyl (C=O) groups is 1. The minimum absolute atomic E-state index is 0.0387. The van der Waals surface area contributed by atoms with Gasteiger partial charge in [-0.3, -0.25) is 4.79 Å². The van der Waals surface area contributed by atoms with E-state index in [1.165, 1.54) is 0 Å². The molecule has 0 aliphatic heterocycles. The fourth-order valence-corrected chi connectivity index (χ4v) is 1.80. The Bertz CT molecular complexity index is 537. The van der Waals surface area contributed by atoms with Gasteiger partial charge in [0.15, 0.2) is 0 Å². The van der Waals surface area contributed by atoms with Gasteiger partial charge in [0.05, 0.1) is 17.9 Å². The number of amides is 1. The van der Waals surface area contributed by atoms with Crippen LogP contribution in [0.2, 0.25) is 0 Å². The number of ether oxygens (including phenoxy) is 1. The van der Waals surface area contributed by atoms with E-state index in [9.17, 15) is 4.79 Å². The summed E-state index contributed by atoms with van der Waals surface area (Å²) in [6, 6.07) is 9.26. The summed E-state index contributed by atoms with van der Waals surface area (Å²) in [5, 5.41) is 4.17. The summed E-state index contributed by atoms with van der Waals surface area (Å²) >= 11 is 0.